The van der Waals surface area contributed by atoms with Gasteiger partial charge in [0.2, 0.25) is 0 Å². The van der Waals surface area contributed by atoms with E-state index in [1.165, 1.54) is 16.2 Å². The number of hydrogen-bond donors (Lipinski definition) is 1. The van der Waals surface area contributed by atoms with Gasteiger partial charge >= 0.3 is 11.7 Å². The Labute approximate surface area is 120 Å². The molecule has 0 saturated carbocycles. The fourth-order valence-corrected chi connectivity index (χ4v) is 2.31. The van der Waals surface area contributed by atoms with Crippen LogP contribution in [0.4, 0.5) is 0 Å². The van der Waals surface area contributed by atoms with Crippen molar-refractivity contribution < 1.29 is 9.90 Å². The first-order valence-electron chi connectivity index (χ1n) is 6.68. The number of imidazole rings is 1. The lowest BCUT2D eigenvalue weighted by molar-refractivity contribution is -0.136. The van der Waals surface area contributed by atoms with E-state index in [-0.39, 0.29) is 29.5 Å². The van der Waals surface area contributed by atoms with Gasteiger partial charge in [0, 0.05) is 20.1 Å². The molecule has 2 aromatic heterocycles. The minimum Gasteiger partial charge on any atom is -0.481 e. The van der Waals surface area contributed by atoms with Crippen molar-refractivity contribution in [2.45, 2.75) is 32.7 Å². The van der Waals surface area contributed by atoms with Crippen LogP contribution in [0.5, 0.6) is 0 Å². The molecule has 0 bridgehead atoms. The number of aryl methyl sites for hydroxylation is 1. The van der Waals surface area contributed by atoms with Gasteiger partial charge in [0.25, 0.3) is 5.56 Å². The van der Waals surface area contributed by atoms with E-state index in [1.807, 2.05) is 13.8 Å². The van der Waals surface area contributed by atoms with Crippen molar-refractivity contribution in [1.29, 1.82) is 0 Å². The van der Waals surface area contributed by atoms with E-state index in [2.05, 4.69) is 4.98 Å². The topological polar surface area (TPSA) is 99.1 Å². The maximum atomic E-state index is 12.3. The molecule has 0 aliphatic rings. The Kier molecular flexibility index (Phi) is 3.71. The lowest BCUT2D eigenvalue weighted by atomic mass is 10.2. The highest BCUT2D eigenvalue weighted by Crippen LogP contribution is 2.16. The Hall–Kier alpha value is -2.38. The van der Waals surface area contributed by atoms with Crippen LogP contribution in [0.15, 0.2) is 9.59 Å². The molecule has 2 heterocycles. The van der Waals surface area contributed by atoms with Gasteiger partial charge in [-0.15, -0.1) is 0 Å². The van der Waals surface area contributed by atoms with Gasteiger partial charge in [-0.3, -0.25) is 18.7 Å². The number of aliphatic carboxylic acids is 1. The fourth-order valence-electron chi connectivity index (χ4n) is 2.31. The number of carbonyl (C=O) groups is 1. The zero-order chi connectivity index (χ0) is 15.9. The summed E-state index contributed by atoms with van der Waals surface area (Å²) in [6, 6.07) is -0.139. The summed E-state index contributed by atoms with van der Waals surface area (Å²) >= 11 is 0. The first kappa shape index (κ1) is 15.0. The summed E-state index contributed by atoms with van der Waals surface area (Å²) in [7, 11) is 2.99. The largest absolute Gasteiger partial charge is 0.481 e. The molecule has 0 aromatic carbocycles. The maximum Gasteiger partial charge on any atom is 0.332 e. The average molecular weight is 294 g/mol. The molecule has 2 aromatic rings. The third-order valence-corrected chi connectivity index (χ3v) is 3.74. The zero-order valence-corrected chi connectivity index (χ0v) is 12.5. The molecular weight excluding hydrogens is 276 g/mol. The molecular formula is C13H18N4O4. The van der Waals surface area contributed by atoms with Gasteiger partial charge in [-0.1, -0.05) is 6.92 Å². The maximum absolute atomic E-state index is 12.3. The van der Waals surface area contributed by atoms with Crippen molar-refractivity contribution in [3.05, 3.63) is 26.7 Å². The summed E-state index contributed by atoms with van der Waals surface area (Å²) in [5.41, 5.74) is -0.423. The van der Waals surface area contributed by atoms with Crippen LogP contribution in [0.25, 0.3) is 11.2 Å². The van der Waals surface area contributed by atoms with E-state index in [1.54, 1.807) is 7.05 Å². The van der Waals surface area contributed by atoms with E-state index in [0.717, 1.165) is 4.57 Å². The summed E-state index contributed by atoms with van der Waals surface area (Å²) in [4.78, 5) is 39.7. The molecule has 0 amide bonds. The lowest BCUT2D eigenvalue weighted by Crippen LogP contribution is -2.39. The Morgan fingerprint density at radius 3 is 2.43 bits per heavy atom. The molecule has 0 saturated heterocycles. The van der Waals surface area contributed by atoms with Gasteiger partial charge in [-0.05, 0) is 13.3 Å². The molecule has 114 valence electrons. The molecule has 0 aliphatic heterocycles. The third-order valence-electron chi connectivity index (χ3n) is 3.74. The zero-order valence-electron chi connectivity index (χ0n) is 12.5. The predicted octanol–water partition coefficient (Wildman–Crippen LogP) is 0.0318. The van der Waals surface area contributed by atoms with E-state index in [4.69, 9.17) is 5.11 Å². The summed E-state index contributed by atoms with van der Waals surface area (Å²) < 4.78 is 3.92. The molecule has 21 heavy (non-hydrogen) atoms. The Bertz CT molecular complexity index is 827. The number of fused-ring (bicyclic) bond motifs is 1. The molecule has 1 N–H and O–H groups in total. The van der Waals surface area contributed by atoms with Crippen molar-refractivity contribution in [2.75, 3.05) is 0 Å². The van der Waals surface area contributed by atoms with Crippen molar-refractivity contribution in [3.8, 4) is 0 Å². The van der Waals surface area contributed by atoms with Crippen molar-refractivity contribution >= 4 is 17.1 Å². The molecule has 2 rings (SSSR count). The predicted molar refractivity (Wildman–Crippen MR) is 76.6 cm³/mol. The van der Waals surface area contributed by atoms with Gasteiger partial charge in [-0.25, -0.2) is 9.78 Å². The first-order chi connectivity index (χ1) is 9.79. The number of rotatable bonds is 4. The van der Waals surface area contributed by atoms with Gasteiger partial charge in [-0.2, -0.15) is 0 Å². The number of nitrogens with zero attached hydrogens (tertiary/aromatic N) is 4. The molecule has 0 aliphatic carbocycles. The quantitative estimate of drug-likeness (QED) is 0.857. The standard InChI is InChI=1S/C13H18N4O4/c1-5-7(2)17-11-10(12(20)16(4)13(17)21)15(3)8(14-11)6-9(18)19/h7H,5-6H2,1-4H3,(H,18,19). The minimum absolute atomic E-state index is 0.139. The molecule has 0 spiro atoms. The van der Waals surface area contributed by atoms with Crippen LogP contribution >= 0.6 is 0 Å². The van der Waals surface area contributed by atoms with E-state index >= 15 is 0 Å². The minimum atomic E-state index is -1.04. The number of aromatic nitrogens is 4. The SMILES string of the molecule is CCC(C)n1c(=O)n(C)c(=O)c2c1nc(CC(=O)O)n2C. The summed E-state index contributed by atoms with van der Waals surface area (Å²) in [6.07, 6.45) is 0.390. The van der Waals surface area contributed by atoms with Crippen LogP contribution < -0.4 is 11.2 Å². The normalized spacial score (nSPS) is 12.8. The van der Waals surface area contributed by atoms with Gasteiger partial charge in [0.1, 0.15) is 12.2 Å². The van der Waals surface area contributed by atoms with Gasteiger partial charge in [0.05, 0.1) is 0 Å². The number of hydrogen-bond acceptors (Lipinski definition) is 4. The van der Waals surface area contributed by atoms with Crippen LogP contribution in [-0.4, -0.2) is 29.8 Å². The van der Waals surface area contributed by atoms with Gasteiger partial charge < -0.3 is 9.67 Å². The van der Waals surface area contributed by atoms with E-state index in [9.17, 15) is 14.4 Å². The Balaban J connectivity index is 2.94. The molecule has 8 nitrogen and oxygen atoms in total. The highest BCUT2D eigenvalue weighted by Gasteiger charge is 2.21. The van der Waals surface area contributed by atoms with Crippen LogP contribution in [0.1, 0.15) is 32.1 Å². The monoisotopic (exact) mass is 294 g/mol. The summed E-state index contributed by atoms with van der Waals surface area (Å²) in [6.45, 7) is 3.78. The van der Waals surface area contributed by atoms with Crippen LogP contribution in [-0.2, 0) is 25.3 Å². The van der Waals surface area contributed by atoms with Crippen molar-refractivity contribution in [3.63, 3.8) is 0 Å². The molecule has 0 fully saturated rings. The first-order valence-corrected chi connectivity index (χ1v) is 6.68. The van der Waals surface area contributed by atoms with E-state index < -0.39 is 17.2 Å². The van der Waals surface area contributed by atoms with Crippen LogP contribution in [0, 0.1) is 0 Å². The summed E-state index contributed by atoms with van der Waals surface area (Å²) in [5, 5.41) is 8.91. The molecule has 0 radical (unpaired) electrons. The second-order valence-electron chi connectivity index (χ2n) is 5.10. The smallest absolute Gasteiger partial charge is 0.332 e. The highest BCUT2D eigenvalue weighted by atomic mass is 16.4. The highest BCUT2D eigenvalue weighted by molar-refractivity contribution is 5.74. The second-order valence-corrected chi connectivity index (χ2v) is 5.10. The number of carboxylic acid groups (broad SMARTS) is 1. The Morgan fingerprint density at radius 2 is 1.90 bits per heavy atom. The molecule has 1 atom stereocenters. The van der Waals surface area contributed by atoms with Crippen molar-refractivity contribution in [2.24, 2.45) is 14.1 Å². The average Bonchev–Trinajstić information content (AvgIpc) is 2.72. The lowest BCUT2D eigenvalue weighted by Gasteiger charge is -2.14. The summed E-state index contributed by atoms with van der Waals surface area (Å²) in [5.74, 6) is -0.792. The second kappa shape index (κ2) is 5.19. The number of carboxylic acids is 1. The van der Waals surface area contributed by atoms with Crippen molar-refractivity contribution in [1.82, 2.24) is 18.7 Å². The molecule has 8 heteroatoms. The van der Waals surface area contributed by atoms with Crippen LogP contribution in [0.2, 0.25) is 0 Å². The third kappa shape index (κ3) is 2.26. The fraction of sp³-hybridized carbons (Fsp3) is 0.538. The van der Waals surface area contributed by atoms with E-state index in [0.29, 0.717) is 6.42 Å². The van der Waals surface area contributed by atoms with Crippen LogP contribution in [0.3, 0.4) is 0 Å². The Morgan fingerprint density at radius 1 is 1.29 bits per heavy atom. The van der Waals surface area contributed by atoms with Gasteiger partial charge in [0.15, 0.2) is 11.2 Å². The molecule has 1 unspecified atom stereocenters.